The number of allylic oxidation sites excluding steroid dienone is 6. The summed E-state index contributed by atoms with van der Waals surface area (Å²) in [6, 6.07) is 36.4. The van der Waals surface area contributed by atoms with Crippen LogP contribution in [0.5, 0.6) is 17.2 Å². The number of nitrogens with one attached hydrogen (secondary N) is 2. The normalized spacial score (nSPS) is 26.2. The Hall–Kier alpha value is -11.3. The average molecular weight is 1390 g/mol. The lowest BCUT2D eigenvalue weighted by atomic mass is 9.77. The van der Waals surface area contributed by atoms with Crippen molar-refractivity contribution >= 4 is 82.2 Å². The SMILES string of the molecule is CN(C)c1ccc(N=Nc2ccc(C(=O)NC(=O)[C@H]3CC4C=CC3C4)cc2)cc1.Cc1ccc2c(c1)Oc1cc(OC(=O)C(C)(C)C)ccc1C21OC(=O)c2cc(C(=O)NCCN3C(=O)C4C5C=CC(C5)C4C3=O)ccc21.O=C1C2C3C=CC(C3)C2C(=O)N1CCON1C(=O)c2ccccc2C1=O. The number of benzene rings is 6. The maximum Gasteiger partial charge on any atom is 0.340 e. The molecule has 23 nitrogen and oxygen atoms in total. The lowest BCUT2D eigenvalue weighted by molar-refractivity contribution is -0.145. The molecular weight excluding hydrogens is 1310 g/mol. The van der Waals surface area contributed by atoms with Crippen molar-refractivity contribution in [3.8, 4) is 17.2 Å². The standard InChI is InChI=1S/C38H34N2O8.C23H24N4O2.C19H16N2O5/c1-19-5-10-26-28(15-19)47-29-18-23(46-36(45)37(2,3)4)9-12-27(29)38(26)25-11-8-22(17-24(25)35(44)48-38)32(41)39-13-14-40-33(42)30-20-6-7-21(16-20)31(30)34(40)43;1-27(2)20-11-9-19(10-12-20)26-25-18-7-5-16(6-8-18)22(28)24-23(29)21-14-15-3-4-17(21)13-15;22-16-12-3-1-2-4-13(12)17(23)21(16)26-8-7-20-18(24)14-10-5-6-11(9-10)15(14)19(20)25/h5-12,15,17-18,20-21,30-31H,13-14,16H2,1-4H3,(H,39,41);3-12,15,17,21H,13-14H2,1-2H3,(H,24,28,29);1-6,10-11,14-15H,7-9H2/t;15?,17?,21-;/m.0./s1. The van der Waals surface area contributed by atoms with Crippen molar-refractivity contribution in [2.45, 2.75) is 59.0 Å². The maximum atomic E-state index is 13.6. The quantitative estimate of drug-likeness (QED) is 0.0337. The van der Waals surface area contributed by atoms with Gasteiger partial charge in [-0.3, -0.25) is 67.9 Å². The van der Waals surface area contributed by atoms with Crippen molar-refractivity contribution in [3.05, 3.63) is 214 Å². The van der Waals surface area contributed by atoms with Gasteiger partial charge in [0.1, 0.15) is 17.2 Å². The Labute approximate surface area is 592 Å². The van der Waals surface area contributed by atoms with Crippen molar-refractivity contribution in [3.63, 3.8) is 0 Å². The van der Waals surface area contributed by atoms with Crippen LogP contribution in [0, 0.1) is 77.4 Å². The molecule has 5 heterocycles. The van der Waals surface area contributed by atoms with Gasteiger partial charge in [-0.1, -0.05) is 66.8 Å². The number of fused-ring (bicyclic) bond motifs is 19. The number of likely N-dealkylation sites (tertiary alicyclic amines) is 2. The molecule has 1 spiro atoms. The highest BCUT2D eigenvalue weighted by atomic mass is 16.7. The van der Waals surface area contributed by atoms with Gasteiger partial charge >= 0.3 is 11.9 Å². The van der Waals surface area contributed by atoms with Gasteiger partial charge in [-0.05, 0) is 185 Å². The average Bonchev–Trinajstić information content (AvgIpc) is 1.63. The molecule has 103 heavy (non-hydrogen) atoms. The number of ether oxygens (including phenoxy) is 3. The second-order valence-corrected chi connectivity index (χ2v) is 29.3. The number of hydroxylamine groups is 2. The monoisotopic (exact) mass is 1390 g/mol. The molecule has 6 bridgehead atoms. The number of hydrogen-bond acceptors (Lipinski definition) is 18. The molecule has 5 fully saturated rings. The third-order valence-electron chi connectivity index (χ3n) is 21.7. The van der Waals surface area contributed by atoms with Crippen LogP contribution in [0.2, 0.25) is 0 Å². The minimum absolute atomic E-state index is 0.0392. The fraction of sp³-hybridized carbons (Fsp3) is 0.338. The van der Waals surface area contributed by atoms with Gasteiger partial charge in [0.05, 0.1) is 70.3 Å². The molecule has 11 unspecified atom stereocenters. The number of esters is 2. The highest BCUT2D eigenvalue weighted by molar-refractivity contribution is 6.20. The van der Waals surface area contributed by atoms with Gasteiger partial charge < -0.3 is 24.4 Å². The Bertz CT molecular complexity index is 4670. The summed E-state index contributed by atoms with van der Waals surface area (Å²) in [5.74, 6) is -2.36. The number of hydrogen-bond donors (Lipinski definition) is 2. The number of nitrogens with zero attached hydrogens (tertiary/aromatic N) is 6. The molecule has 23 heteroatoms. The zero-order valence-corrected chi connectivity index (χ0v) is 57.4. The second-order valence-electron chi connectivity index (χ2n) is 29.3. The Balaban J connectivity index is 0.000000133. The van der Waals surface area contributed by atoms with Crippen LogP contribution in [-0.2, 0) is 43.9 Å². The first-order valence-electron chi connectivity index (χ1n) is 34.8. The van der Waals surface area contributed by atoms with E-state index in [1.807, 2.05) is 92.7 Å². The Kier molecular flexibility index (Phi) is 17.2. The van der Waals surface area contributed by atoms with Crippen molar-refractivity contribution in [2.24, 2.45) is 80.7 Å². The Morgan fingerprint density at radius 1 is 0.573 bits per heavy atom. The Morgan fingerprint density at radius 2 is 1.11 bits per heavy atom. The van der Waals surface area contributed by atoms with Crippen LogP contribution >= 0.6 is 0 Å². The summed E-state index contributed by atoms with van der Waals surface area (Å²) in [5.41, 5.74) is 4.54. The van der Waals surface area contributed by atoms with Gasteiger partial charge in [0.2, 0.25) is 29.5 Å². The van der Waals surface area contributed by atoms with Gasteiger partial charge in [0, 0.05) is 72.7 Å². The van der Waals surface area contributed by atoms with E-state index in [2.05, 4.69) is 33.0 Å². The van der Waals surface area contributed by atoms with Gasteiger partial charge in [0.15, 0.2) is 5.60 Å². The summed E-state index contributed by atoms with van der Waals surface area (Å²) in [4.78, 5) is 150. The molecular formula is C80H74N8O15. The van der Waals surface area contributed by atoms with Crippen molar-refractivity contribution in [2.75, 3.05) is 45.2 Å². The van der Waals surface area contributed by atoms with E-state index in [0.29, 0.717) is 67.3 Å². The largest absolute Gasteiger partial charge is 0.456 e. The van der Waals surface area contributed by atoms with Crippen LogP contribution < -0.4 is 25.0 Å². The molecule has 9 amide bonds. The predicted molar refractivity (Wildman–Crippen MR) is 371 cm³/mol. The summed E-state index contributed by atoms with van der Waals surface area (Å²) in [5, 5.41) is 14.5. The van der Waals surface area contributed by atoms with Crippen molar-refractivity contribution in [1.29, 1.82) is 0 Å². The number of imide groups is 4. The van der Waals surface area contributed by atoms with Gasteiger partial charge in [-0.25, -0.2) is 4.79 Å². The van der Waals surface area contributed by atoms with E-state index in [4.69, 9.17) is 19.0 Å². The Morgan fingerprint density at radius 3 is 1.66 bits per heavy atom. The number of amides is 9. The molecule has 2 saturated heterocycles. The van der Waals surface area contributed by atoms with Crippen LogP contribution in [0.4, 0.5) is 17.1 Å². The molecule has 3 saturated carbocycles. The van der Waals surface area contributed by atoms with E-state index in [-0.39, 0.29) is 132 Å². The third-order valence-corrected chi connectivity index (χ3v) is 21.7. The first-order chi connectivity index (χ1) is 49.4. The molecule has 0 aromatic heterocycles. The lowest BCUT2D eigenvalue weighted by Crippen LogP contribution is -2.39. The maximum absolute atomic E-state index is 13.6. The van der Waals surface area contributed by atoms with E-state index >= 15 is 0 Å². The van der Waals surface area contributed by atoms with Crippen LogP contribution in [0.1, 0.15) is 120 Å². The molecule has 2 N–H and O–H groups in total. The fourth-order valence-electron chi connectivity index (χ4n) is 16.5. The number of rotatable bonds is 14. The number of carbonyl (C=O) groups is 11. The fourth-order valence-corrected chi connectivity index (χ4v) is 16.5. The van der Waals surface area contributed by atoms with E-state index < -0.39 is 40.7 Å². The minimum atomic E-state index is -1.37. The molecule has 6 aliphatic carbocycles. The predicted octanol–water partition coefficient (Wildman–Crippen LogP) is 10.7. The second kappa shape index (κ2) is 26.2. The third kappa shape index (κ3) is 12.0. The number of anilines is 1. The molecule has 6 aromatic rings. The van der Waals surface area contributed by atoms with Gasteiger partial charge in [-0.2, -0.15) is 10.2 Å². The van der Waals surface area contributed by atoms with Gasteiger partial charge in [0.25, 0.3) is 23.6 Å². The first kappa shape index (κ1) is 67.5. The summed E-state index contributed by atoms with van der Waals surface area (Å²) >= 11 is 0. The molecule has 17 rings (SSSR count). The smallest absolute Gasteiger partial charge is 0.340 e. The summed E-state index contributed by atoms with van der Waals surface area (Å²) in [7, 11) is 3.97. The zero-order valence-electron chi connectivity index (χ0n) is 57.4. The highest BCUT2D eigenvalue weighted by Crippen LogP contribution is 2.58. The topological polar surface area (TPSA) is 286 Å². The van der Waals surface area contributed by atoms with Crippen molar-refractivity contribution in [1.82, 2.24) is 25.5 Å². The van der Waals surface area contributed by atoms with Crippen LogP contribution in [0.25, 0.3) is 0 Å². The minimum Gasteiger partial charge on any atom is -0.456 e. The van der Waals surface area contributed by atoms with E-state index in [1.54, 1.807) is 99.6 Å². The lowest BCUT2D eigenvalue weighted by Gasteiger charge is -2.36. The van der Waals surface area contributed by atoms with Crippen molar-refractivity contribution < 1.29 is 71.8 Å². The van der Waals surface area contributed by atoms with E-state index in [1.165, 1.54) is 15.9 Å². The molecule has 0 radical (unpaired) electrons. The van der Waals surface area contributed by atoms with Gasteiger partial charge in [-0.15, -0.1) is 5.06 Å². The summed E-state index contributed by atoms with van der Waals surface area (Å²) < 4.78 is 18.2. The van der Waals surface area contributed by atoms with E-state index in [9.17, 15) is 52.7 Å². The molecule has 12 atom stereocenters. The van der Waals surface area contributed by atoms with E-state index in [0.717, 1.165) is 42.6 Å². The molecule has 11 aliphatic rings. The molecule has 6 aromatic carbocycles. The summed E-state index contributed by atoms with van der Waals surface area (Å²) in [6.07, 6.45) is 16.1. The van der Waals surface area contributed by atoms with Crippen LogP contribution in [0.3, 0.4) is 0 Å². The number of carbonyl (C=O) groups excluding carboxylic acids is 11. The summed E-state index contributed by atoms with van der Waals surface area (Å²) in [6.45, 7) is 7.35. The number of aryl methyl sites for hydroxylation is 1. The highest BCUT2D eigenvalue weighted by Gasteiger charge is 2.61. The zero-order chi connectivity index (χ0) is 72.1. The van der Waals surface area contributed by atoms with Crippen LogP contribution in [0.15, 0.2) is 174 Å². The number of azo groups is 1. The molecule has 5 aliphatic heterocycles. The molecule has 524 valence electrons. The van der Waals surface area contributed by atoms with Crippen LogP contribution in [-0.4, -0.2) is 120 Å². The first-order valence-corrected chi connectivity index (χ1v) is 34.8.